The zero-order valence-electron chi connectivity index (χ0n) is 13.6. The molecule has 2 fully saturated rings. The van der Waals surface area contributed by atoms with Crippen LogP contribution in [0, 0.1) is 6.92 Å². The topological polar surface area (TPSA) is 89.0 Å². The van der Waals surface area contributed by atoms with Crippen molar-refractivity contribution in [2.45, 2.75) is 45.3 Å². The van der Waals surface area contributed by atoms with Crippen molar-refractivity contribution in [2.75, 3.05) is 26.2 Å². The normalized spacial score (nSPS) is 21.7. The molecule has 2 aromatic heterocycles. The van der Waals surface area contributed by atoms with Crippen LogP contribution in [0.2, 0.25) is 0 Å². The number of hydrogen-bond acceptors (Lipinski definition) is 8. The van der Waals surface area contributed by atoms with Crippen molar-refractivity contribution in [2.24, 2.45) is 0 Å². The van der Waals surface area contributed by atoms with Crippen molar-refractivity contribution >= 4 is 0 Å². The first-order valence-corrected chi connectivity index (χ1v) is 8.24. The van der Waals surface area contributed by atoms with E-state index in [4.69, 9.17) is 4.52 Å². The molecule has 124 valence electrons. The summed E-state index contributed by atoms with van der Waals surface area (Å²) in [5, 5.41) is 16.0. The van der Waals surface area contributed by atoms with E-state index in [2.05, 4.69) is 42.4 Å². The molecule has 9 heteroatoms. The number of aryl methyl sites for hydroxylation is 1. The van der Waals surface area contributed by atoms with Gasteiger partial charge in [0, 0.05) is 26.2 Å². The molecule has 1 unspecified atom stereocenters. The highest BCUT2D eigenvalue weighted by atomic mass is 16.5. The maximum absolute atomic E-state index is 5.29. The van der Waals surface area contributed by atoms with Gasteiger partial charge in [-0.3, -0.25) is 9.80 Å². The number of nitrogens with zero attached hydrogens (tertiary/aromatic N) is 8. The smallest absolute Gasteiger partial charge is 0.243 e. The van der Waals surface area contributed by atoms with E-state index in [1.54, 1.807) is 0 Å². The Morgan fingerprint density at radius 1 is 1.22 bits per heavy atom. The summed E-state index contributed by atoms with van der Waals surface area (Å²) < 4.78 is 7.29. The summed E-state index contributed by atoms with van der Waals surface area (Å²) in [6.45, 7) is 8.74. The van der Waals surface area contributed by atoms with Crippen molar-refractivity contribution in [3.8, 4) is 0 Å². The Kier molecular flexibility index (Phi) is 3.82. The minimum Gasteiger partial charge on any atom is -0.338 e. The van der Waals surface area contributed by atoms with Crippen LogP contribution < -0.4 is 0 Å². The lowest BCUT2D eigenvalue weighted by molar-refractivity contribution is 0.0823. The number of rotatable bonds is 5. The molecule has 1 saturated carbocycles. The minimum absolute atomic E-state index is 0.162. The molecule has 4 rings (SSSR count). The van der Waals surface area contributed by atoms with Gasteiger partial charge in [-0.25, -0.2) is 4.68 Å². The Hall–Kier alpha value is -1.87. The highest BCUT2D eigenvalue weighted by Gasteiger charge is 2.30. The lowest BCUT2D eigenvalue weighted by atomic mass is 10.2. The van der Waals surface area contributed by atoms with Gasteiger partial charge in [0.1, 0.15) is 0 Å². The second-order valence-corrected chi connectivity index (χ2v) is 6.44. The third kappa shape index (κ3) is 3.11. The van der Waals surface area contributed by atoms with Crippen molar-refractivity contribution in [3.05, 3.63) is 17.5 Å². The molecule has 23 heavy (non-hydrogen) atoms. The summed E-state index contributed by atoms with van der Waals surface area (Å²) in [4.78, 5) is 9.13. The van der Waals surface area contributed by atoms with Crippen LogP contribution >= 0.6 is 0 Å². The van der Waals surface area contributed by atoms with Gasteiger partial charge in [-0.05, 0) is 37.1 Å². The number of hydrogen-bond donors (Lipinski definition) is 0. The quantitative estimate of drug-likeness (QED) is 0.791. The molecule has 0 N–H and O–H groups in total. The van der Waals surface area contributed by atoms with Crippen molar-refractivity contribution < 1.29 is 4.52 Å². The summed E-state index contributed by atoms with van der Waals surface area (Å²) in [6, 6.07) is 0.692. The van der Waals surface area contributed by atoms with Gasteiger partial charge in [0.05, 0.1) is 18.6 Å². The van der Waals surface area contributed by atoms with Gasteiger partial charge >= 0.3 is 0 Å². The van der Waals surface area contributed by atoms with Crippen LogP contribution in [0.25, 0.3) is 0 Å². The lowest BCUT2D eigenvalue weighted by Crippen LogP contribution is -2.47. The molecule has 0 spiro atoms. The van der Waals surface area contributed by atoms with Crippen LogP contribution in [-0.2, 0) is 6.54 Å². The van der Waals surface area contributed by atoms with Crippen molar-refractivity contribution in [3.63, 3.8) is 0 Å². The fourth-order valence-corrected chi connectivity index (χ4v) is 3.07. The fourth-order valence-electron chi connectivity index (χ4n) is 3.07. The predicted molar refractivity (Wildman–Crippen MR) is 80.4 cm³/mol. The van der Waals surface area contributed by atoms with Crippen molar-refractivity contribution in [1.29, 1.82) is 0 Å². The van der Waals surface area contributed by atoms with Gasteiger partial charge in [0.2, 0.25) is 5.89 Å². The molecule has 0 amide bonds. The molecule has 2 aromatic rings. The second-order valence-electron chi connectivity index (χ2n) is 6.44. The first-order valence-electron chi connectivity index (χ1n) is 8.24. The predicted octanol–water partition coefficient (Wildman–Crippen LogP) is 0.578. The highest BCUT2D eigenvalue weighted by Crippen LogP contribution is 2.34. The van der Waals surface area contributed by atoms with Gasteiger partial charge in [0.25, 0.3) is 0 Å². The number of tetrazole rings is 1. The Morgan fingerprint density at radius 2 is 2.00 bits per heavy atom. The standard InChI is InChI=1S/C14H22N8O/c1-10(14-15-11(2)17-23-14)21-7-5-20(6-8-21)9-13-16-18-19-22(13)12-3-4-12/h10,12H,3-9H2,1-2H3. The summed E-state index contributed by atoms with van der Waals surface area (Å²) in [5.74, 6) is 2.38. The maximum atomic E-state index is 5.29. The fraction of sp³-hybridized carbons (Fsp3) is 0.786. The number of aromatic nitrogens is 6. The van der Waals surface area contributed by atoms with Crippen LogP contribution in [0.5, 0.6) is 0 Å². The molecular weight excluding hydrogens is 296 g/mol. The van der Waals surface area contributed by atoms with E-state index < -0.39 is 0 Å². The van der Waals surface area contributed by atoms with E-state index in [0.717, 1.165) is 38.5 Å². The first-order chi connectivity index (χ1) is 11.2. The molecule has 2 aliphatic rings. The van der Waals surface area contributed by atoms with Crippen LogP contribution in [0.4, 0.5) is 0 Å². The Labute approximate surface area is 134 Å². The Bertz CT molecular complexity index is 655. The summed E-state index contributed by atoms with van der Waals surface area (Å²) in [5.41, 5.74) is 0. The van der Waals surface area contributed by atoms with E-state index >= 15 is 0 Å². The summed E-state index contributed by atoms with van der Waals surface area (Å²) in [7, 11) is 0. The molecule has 1 aliphatic heterocycles. The molecule has 0 aromatic carbocycles. The Morgan fingerprint density at radius 3 is 2.65 bits per heavy atom. The van der Waals surface area contributed by atoms with E-state index in [1.165, 1.54) is 12.8 Å². The van der Waals surface area contributed by atoms with Gasteiger partial charge < -0.3 is 4.52 Å². The van der Waals surface area contributed by atoms with Crippen LogP contribution in [0.3, 0.4) is 0 Å². The molecule has 1 aliphatic carbocycles. The molecule has 3 heterocycles. The molecule has 1 saturated heterocycles. The maximum Gasteiger partial charge on any atom is 0.243 e. The van der Waals surface area contributed by atoms with Gasteiger partial charge in [-0.1, -0.05) is 5.16 Å². The van der Waals surface area contributed by atoms with E-state index in [1.807, 2.05) is 11.6 Å². The van der Waals surface area contributed by atoms with E-state index in [0.29, 0.717) is 17.8 Å². The van der Waals surface area contributed by atoms with Gasteiger partial charge in [-0.2, -0.15) is 4.98 Å². The van der Waals surface area contributed by atoms with Crippen molar-refractivity contribution in [1.82, 2.24) is 40.1 Å². The lowest BCUT2D eigenvalue weighted by Gasteiger charge is -2.36. The van der Waals surface area contributed by atoms with Crippen LogP contribution in [-0.4, -0.2) is 66.3 Å². The summed E-state index contributed by atoms with van der Waals surface area (Å²) >= 11 is 0. The monoisotopic (exact) mass is 318 g/mol. The van der Waals surface area contributed by atoms with E-state index in [-0.39, 0.29) is 6.04 Å². The first kappa shape index (κ1) is 14.7. The minimum atomic E-state index is 0.162. The van der Waals surface area contributed by atoms with E-state index in [9.17, 15) is 0 Å². The Balaban J connectivity index is 1.33. The second kappa shape index (κ2) is 5.97. The highest BCUT2D eigenvalue weighted by molar-refractivity contribution is 4.94. The number of piperazine rings is 1. The van der Waals surface area contributed by atoms with Gasteiger partial charge in [0.15, 0.2) is 11.6 Å². The SMILES string of the molecule is Cc1noc(C(C)N2CCN(Cc3nnnn3C3CC3)CC2)n1. The third-order valence-electron chi connectivity index (χ3n) is 4.67. The molecular formula is C14H22N8O. The van der Waals surface area contributed by atoms with Crippen LogP contribution in [0.1, 0.15) is 49.4 Å². The molecule has 0 radical (unpaired) electrons. The zero-order valence-corrected chi connectivity index (χ0v) is 13.6. The average Bonchev–Trinajstić information content (AvgIpc) is 3.15. The largest absolute Gasteiger partial charge is 0.338 e. The third-order valence-corrected chi connectivity index (χ3v) is 4.67. The molecule has 0 bridgehead atoms. The summed E-state index contributed by atoms with van der Waals surface area (Å²) in [6.07, 6.45) is 2.40. The molecule has 1 atom stereocenters. The van der Waals surface area contributed by atoms with Crippen LogP contribution in [0.15, 0.2) is 4.52 Å². The molecule has 9 nitrogen and oxygen atoms in total. The average molecular weight is 318 g/mol. The van der Waals surface area contributed by atoms with Gasteiger partial charge in [-0.15, -0.1) is 5.10 Å². The zero-order chi connectivity index (χ0) is 15.8.